The van der Waals surface area contributed by atoms with Gasteiger partial charge in [0, 0.05) is 11.1 Å². The maximum absolute atomic E-state index is 12.7. The van der Waals surface area contributed by atoms with Crippen LogP contribution in [-0.2, 0) is 0 Å². The Bertz CT molecular complexity index is 1110. The monoisotopic (exact) mass is 387 g/mol. The number of aromatic nitrogens is 2. The molecule has 2 aromatic carbocycles. The Morgan fingerprint density at radius 3 is 2.29 bits per heavy atom. The van der Waals surface area contributed by atoms with Gasteiger partial charge in [-0.25, -0.2) is 4.68 Å². The fourth-order valence-electron chi connectivity index (χ4n) is 2.82. The molecule has 0 atom stereocenters. The molecule has 1 amide bonds. The minimum atomic E-state index is -0.250. The highest BCUT2D eigenvalue weighted by Crippen LogP contribution is 2.31. The second-order valence-corrected chi connectivity index (χ2v) is 7.18. The largest absolute Gasteiger partial charge is 0.319 e. The van der Waals surface area contributed by atoms with E-state index >= 15 is 0 Å². The quantitative estimate of drug-likeness (QED) is 0.487. The number of nitrogens with zero attached hydrogens (tertiary/aromatic N) is 2. The lowest BCUT2D eigenvalue weighted by Gasteiger charge is -2.05. The lowest BCUT2D eigenvalue weighted by molar-refractivity contribution is 0.101. The lowest BCUT2D eigenvalue weighted by Crippen LogP contribution is -2.12. The molecule has 138 valence electrons. The van der Waals surface area contributed by atoms with Crippen LogP contribution < -0.4 is 5.32 Å². The summed E-state index contributed by atoms with van der Waals surface area (Å²) >= 11 is 1.56. The van der Waals surface area contributed by atoms with Crippen molar-refractivity contribution in [1.29, 1.82) is 0 Å². The van der Waals surface area contributed by atoms with E-state index < -0.39 is 0 Å². The third-order valence-corrected chi connectivity index (χ3v) is 5.17. The van der Waals surface area contributed by atoms with Gasteiger partial charge in [-0.1, -0.05) is 36.4 Å². The van der Waals surface area contributed by atoms with Crippen LogP contribution in [0.3, 0.4) is 0 Å². The number of benzene rings is 2. The first-order valence-corrected chi connectivity index (χ1v) is 9.61. The zero-order valence-corrected chi connectivity index (χ0v) is 15.9. The molecular weight excluding hydrogens is 370 g/mol. The number of carbonyl (C=O) groups is 2. The molecule has 1 N–H and O–H groups in total. The smallest absolute Gasteiger partial charge is 0.255 e. The van der Waals surface area contributed by atoms with Crippen LogP contribution in [-0.4, -0.2) is 21.5 Å². The predicted molar refractivity (Wildman–Crippen MR) is 111 cm³/mol. The van der Waals surface area contributed by atoms with Crippen LogP contribution in [0.5, 0.6) is 0 Å². The van der Waals surface area contributed by atoms with Gasteiger partial charge in [0.1, 0.15) is 5.69 Å². The number of Topliss-reactive ketones (excluding diaryl/α,β-unsaturated/α-hetero) is 1. The number of anilines is 1. The van der Waals surface area contributed by atoms with E-state index in [0.29, 0.717) is 22.5 Å². The summed E-state index contributed by atoms with van der Waals surface area (Å²) in [5.74, 6) is -0.281. The van der Waals surface area contributed by atoms with Gasteiger partial charge in [-0.3, -0.25) is 9.59 Å². The van der Waals surface area contributed by atoms with Crippen LogP contribution >= 0.6 is 11.3 Å². The van der Waals surface area contributed by atoms with Crippen molar-refractivity contribution in [2.75, 3.05) is 5.32 Å². The molecule has 0 spiro atoms. The van der Waals surface area contributed by atoms with Crippen LogP contribution in [0.4, 0.5) is 5.69 Å². The average molecular weight is 387 g/mol. The number of thiophene rings is 1. The summed E-state index contributed by atoms with van der Waals surface area (Å²) in [5, 5.41) is 9.60. The molecule has 2 heterocycles. The Balaban J connectivity index is 1.67. The number of amides is 1. The van der Waals surface area contributed by atoms with Gasteiger partial charge in [-0.05, 0) is 42.6 Å². The van der Waals surface area contributed by atoms with Crippen LogP contribution in [0.2, 0.25) is 0 Å². The highest BCUT2D eigenvalue weighted by Gasteiger charge is 2.16. The number of ketones is 1. The fraction of sp³-hybridized carbons (Fsp3) is 0.0455. The Morgan fingerprint density at radius 1 is 0.929 bits per heavy atom. The maximum atomic E-state index is 12.7. The summed E-state index contributed by atoms with van der Waals surface area (Å²) in [6, 6.07) is 20.3. The standard InChI is InChI=1S/C22H17N3O2S/c1-15(26)16-9-11-17(12-10-16)22(27)23-19-14-25(18-6-3-2-4-7-18)24-21(19)20-8-5-13-28-20/h2-14H,1H3,(H,23,27). The molecule has 0 fully saturated rings. The Morgan fingerprint density at radius 2 is 1.64 bits per heavy atom. The number of para-hydroxylation sites is 1. The van der Waals surface area contributed by atoms with E-state index in [1.165, 1.54) is 6.92 Å². The average Bonchev–Trinajstić information content (AvgIpc) is 3.38. The SMILES string of the molecule is CC(=O)c1ccc(C(=O)Nc2cn(-c3ccccc3)nc2-c2cccs2)cc1. The molecule has 0 aliphatic rings. The predicted octanol–water partition coefficient (Wildman–Crippen LogP) is 5.06. The second-order valence-electron chi connectivity index (χ2n) is 6.24. The molecule has 4 rings (SSSR count). The third-order valence-electron chi connectivity index (χ3n) is 4.29. The molecule has 0 radical (unpaired) electrons. The first-order valence-electron chi connectivity index (χ1n) is 8.73. The van der Waals surface area contributed by atoms with E-state index in [1.807, 2.05) is 54.0 Å². The van der Waals surface area contributed by atoms with Crippen molar-refractivity contribution in [3.63, 3.8) is 0 Å². The van der Waals surface area contributed by atoms with E-state index in [4.69, 9.17) is 0 Å². The van der Waals surface area contributed by atoms with Gasteiger partial charge in [0.15, 0.2) is 5.78 Å². The van der Waals surface area contributed by atoms with Crippen molar-refractivity contribution in [2.45, 2.75) is 6.92 Å². The van der Waals surface area contributed by atoms with E-state index in [0.717, 1.165) is 10.6 Å². The van der Waals surface area contributed by atoms with Crippen molar-refractivity contribution in [3.8, 4) is 16.3 Å². The zero-order valence-electron chi connectivity index (χ0n) is 15.1. The molecule has 0 bridgehead atoms. The van der Waals surface area contributed by atoms with Gasteiger partial charge >= 0.3 is 0 Å². The second kappa shape index (κ2) is 7.62. The molecule has 0 saturated carbocycles. The van der Waals surface area contributed by atoms with Crippen molar-refractivity contribution >= 4 is 28.7 Å². The highest BCUT2D eigenvalue weighted by molar-refractivity contribution is 7.13. The molecule has 0 unspecified atom stereocenters. The molecule has 2 aromatic heterocycles. The van der Waals surface area contributed by atoms with Crippen LogP contribution in [0.25, 0.3) is 16.3 Å². The van der Waals surface area contributed by atoms with Gasteiger partial charge in [0.05, 0.1) is 22.4 Å². The molecule has 28 heavy (non-hydrogen) atoms. The third kappa shape index (κ3) is 3.63. The number of carbonyl (C=O) groups excluding carboxylic acids is 2. The van der Waals surface area contributed by atoms with Gasteiger partial charge in [0.25, 0.3) is 5.91 Å². The van der Waals surface area contributed by atoms with E-state index in [2.05, 4.69) is 10.4 Å². The highest BCUT2D eigenvalue weighted by atomic mass is 32.1. The summed E-state index contributed by atoms with van der Waals surface area (Å²) < 4.78 is 1.75. The summed E-state index contributed by atoms with van der Waals surface area (Å²) in [4.78, 5) is 25.1. The van der Waals surface area contributed by atoms with Crippen molar-refractivity contribution in [3.05, 3.63) is 89.4 Å². The number of hydrogen-bond donors (Lipinski definition) is 1. The molecule has 0 saturated heterocycles. The molecule has 4 aromatic rings. The minimum Gasteiger partial charge on any atom is -0.319 e. The van der Waals surface area contributed by atoms with Gasteiger partial charge in [-0.2, -0.15) is 5.10 Å². The normalized spacial score (nSPS) is 10.6. The van der Waals surface area contributed by atoms with Gasteiger partial charge in [-0.15, -0.1) is 11.3 Å². The van der Waals surface area contributed by atoms with E-state index in [-0.39, 0.29) is 11.7 Å². The maximum Gasteiger partial charge on any atom is 0.255 e. The van der Waals surface area contributed by atoms with Crippen LogP contribution in [0.1, 0.15) is 27.6 Å². The Labute approximate surface area is 166 Å². The number of nitrogens with one attached hydrogen (secondary N) is 1. The van der Waals surface area contributed by atoms with Crippen LogP contribution in [0.15, 0.2) is 78.3 Å². The lowest BCUT2D eigenvalue weighted by atomic mass is 10.1. The van der Waals surface area contributed by atoms with E-state index in [9.17, 15) is 9.59 Å². The Kier molecular flexibility index (Phi) is 4.87. The first-order chi connectivity index (χ1) is 13.6. The van der Waals surface area contributed by atoms with Gasteiger partial charge in [0.2, 0.25) is 0 Å². The summed E-state index contributed by atoms with van der Waals surface area (Å²) in [5.41, 5.74) is 3.31. The molecule has 0 aliphatic heterocycles. The van der Waals surface area contributed by atoms with Crippen molar-refractivity contribution in [1.82, 2.24) is 9.78 Å². The molecular formula is C22H17N3O2S. The van der Waals surface area contributed by atoms with Crippen molar-refractivity contribution < 1.29 is 9.59 Å². The fourth-order valence-corrected chi connectivity index (χ4v) is 3.55. The summed E-state index contributed by atoms with van der Waals surface area (Å²) in [6.07, 6.45) is 1.81. The molecule has 6 heteroatoms. The first kappa shape index (κ1) is 17.9. The minimum absolute atomic E-state index is 0.0314. The van der Waals surface area contributed by atoms with Crippen LogP contribution in [0, 0.1) is 0 Å². The van der Waals surface area contributed by atoms with E-state index in [1.54, 1.807) is 40.3 Å². The topological polar surface area (TPSA) is 64.0 Å². The van der Waals surface area contributed by atoms with Gasteiger partial charge < -0.3 is 5.32 Å². The zero-order chi connectivity index (χ0) is 19.5. The Hall–Kier alpha value is -3.51. The summed E-state index contributed by atoms with van der Waals surface area (Å²) in [7, 11) is 0. The number of rotatable bonds is 5. The summed E-state index contributed by atoms with van der Waals surface area (Å²) in [6.45, 7) is 1.50. The number of hydrogen-bond acceptors (Lipinski definition) is 4. The van der Waals surface area contributed by atoms with Crippen molar-refractivity contribution in [2.24, 2.45) is 0 Å². The molecule has 5 nitrogen and oxygen atoms in total. The molecule has 0 aliphatic carbocycles.